The largest absolute Gasteiger partial charge is 0.320 e. The summed E-state index contributed by atoms with van der Waals surface area (Å²) >= 11 is 2.59. The smallest absolute Gasteiger partial charge is 0.263 e. The molecule has 0 radical (unpaired) electrons. The molecule has 1 amide bonds. The van der Waals surface area contributed by atoms with Crippen LogP contribution in [0.15, 0.2) is 40.8 Å². The fourth-order valence-electron chi connectivity index (χ4n) is 3.73. The summed E-state index contributed by atoms with van der Waals surface area (Å²) in [5.74, 6) is -1.86. The van der Waals surface area contributed by atoms with E-state index >= 15 is 0 Å². The normalized spacial score (nSPS) is 15.6. The van der Waals surface area contributed by atoms with Crippen molar-refractivity contribution in [3.8, 4) is 0 Å². The maximum atomic E-state index is 13.8. The number of hydrogen-bond acceptors (Lipinski definition) is 5. The minimum Gasteiger partial charge on any atom is -0.320 e. The monoisotopic (exact) mass is 461 g/mol. The molecule has 1 aromatic carbocycles. The zero-order valence-electron chi connectivity index (χ0n) is 16.9. The highest BCUT2D eigenvalue weighted by Crippen LogP contribution is 2.36. The van der Waals surface area contributed by atoms with Crippen LogP contribution in [0.5, 0.6) is 0 Å². The zero-order chi connectivity index (χ0) is 22.1. The molecular weight excluding hydrogens is 440 g/mol. The van der Waals surface area contributed by atoms with E-state index in [9.17, 15) is 18.4 Å². The fourth-order valence-corrected chi connectivity index (χ4v) is 5.96. The number of thiophene rings is 1. The zero-order valence-corrected chi connectivity index (χ0v) is 18.5. The Balaban J connectivity index is 1.62. The Labute approximate surface area is 186 Å². The van der Waals surface area contributed by atoms with Gasteiger partial charge >= 0.3 is 0 Å². The van der Waals surface area contributed by atoms with E-state index < -0.39 is 23.2 Å². The lowest BCUT2D eigenvalue weighted by molar-refractivity contribution is -0.113. The molecule has 1 N–H and O–H groups in total. The summed E-state index contributed by atoms with van der Waals surface area (Å²) in [7, 11) is 0. The number of para-hydroxylation sites is 1. The Morgan fingerprint density at radius 3 is 2.87 bits per heavy atom. The molecule has 162 valence electrons. The molecule has 3 aromatic rings. The van der Waals surface area contributed by atoms with Crippen molar-refractivity contribution in [3.63, 3.8) is 0 Å². The number of nitrogens with one attached hydrogen (secondary N) is 1. The molecule has 0 saturated heterocycles. The number of carbonyl (C=O) groups excluding carboxylic acids is 1. The number of aromatic nitrogens is 2. The maximum absolute atomic E-state index is 13.8. The second-order valence-electron chi connectivity index (χ2n) is 7.56. The van der Waals surface area contributed by atoms with Crippen LogP contribution >= 0.6 is 23.1 Å². The van der Waals surface area contributed by atoms with Gasteiger partial charge in [-0.25, -0.2) is 13.8 Å². The molecule has 0 aliphatic heterocycles. The Kier molecular flexibility index (Phi) is 6.24. The average Bonchev–Trinajstić information content (AvgIpc) is 3.09. The van der Waals surface area contributed by atoms with Gasteiger partial charge in [0.15, 0.2) is 5.16 Å². The minimum absolute atomic E-state index is 0.139. The lowest BCUT2D eigenvalue weighted by Crippen LogP contribution is -2.24. The van der Waals surface area contributed by atoms with Crippen LogP contribution in [0, 0.1) is 17.6 Å². The highest BCUT2D eigenvalue weighted by Gasteiger charge is 2.25. The van der Waals surface area contributed by atoms with Gasteiger partial charge in [0.1, 0.15) is 22.2 Å². The van der Waals surface area contributed by atoms with Gasteiger partial charge in [0.05, 0.1) is 11.1 Å². The average molecular weight is 462 g/mol. The van der Waals surface area contributed by atoms with Gasteiger partial charge in [-0.05, 0) is 42.9 Å². The molecule has 0 bridgehead atoms. The van der Waals surface area contributed by atoms with E-state index in [4.69, 9.17) is 0 Å². The van der Waals surface area contributed by atoms with E-state index in [0.29, 0.717) is 21.3 Å². The topological polar surface area (TPSA) is 64.0 Å². The van der Waals surface area contributed by atoms with E-state index in [2.05, 4.69) is 23.8 Å². The molecular formula is C22H21F2N3O2S2. The van der Waals surface area contributed by atoms with Gasteiger partial charge in [0.25, 0.3) is 5.56 Å². The quantitative estimate of drug-likeness (QED) is 0.326. The number of amides is 1. The first-order chi connectivity index (χ1) is 14.9. The van der Waals surface area contributed by atoms with Crippen LogP contribution in [0.25, 0.3) is 10.2 Å². The summed E-state index contributed by atoms with van der Waals surface area (Å²) in [5.41, 5.74) is 0.470. The highest BCUT2D eigenvalue weighted by molar-refractivity contribution is 7.99. The summed E-state index contributed by atoms with van der Waals surface area (Å²) in [4.78, 5) is 32.1. The lowest BCUT2D eigenvalue weighted by Gasteiger charge is -2.17. The number of anilines is 1. The molecule has 0 saturated carbocycles. The van der Waals surface area contributed by atoms with Gasteiger partial charge in [-0.15, -0.1) is 17.9 Å². The summed E-state index contributed by atoms with van der Waals surface area (Å²) in [6.45, 7) is 6.18. The van der Waals surface area contributed by atoms with Gasteiger partial charge in [-0.1, -0.05) is 30.8 Å². The Morgan fingerprint density at radius 1 is 1.42 bits per heavy atom. The molecule has 4 rings (SSSR count). The summed E-state index contributed by atoms with van der Waals surface area (Å²) < 4.78 is 29.1. The summed E-state index contributed by atoms with van der Waals surface area (Å²) in [6, 6.07) is 3.37. The highest BCUT2D eigenvalue weighted by atomic mass is 32.2. The van der Waals surface area contributed by atoms with Crippen molar-refractivity contribution in [2.24, 2.45) is 5.92 Å². The molecule has 1 aliphatic carbocycles. The third kappa shape index (κ3) is 4.29. The number of fused-ring (bicyclic) bond motifs is 3. The number of allylic oxidation sites excluding steroid dienone is 1. The van der Waals surface area contributed by atoms with Crippen LogP contribution in [0.4, 0.5) is 14.5 Å². The summed E-state index contributed by atoms with van der Waals surface area (Å²) in [5, 5.41) is 3.30. The Bertz CT molecular complexity index is 1220. The maximum Gasteiger partial charge on any atom is 0.263 e. The van der Waals surface area contributed by atoms with Gasteiger partial charge in [-0.3, -0.25) is 14.2 Å². The van der Waals surface area contributed by atoms with Gasteiger partial charge in [-0.2, -0.15) is 0 Å². The molecule has 31 heavy (non-hydrogen) atoms. The van der Waals surface area contributed by atoms with Crippen LogP contribution in [0.3, 0.4) is 0 Å². The molecule has 9 heteroatoms. The van der Waals surface area contributed by atoms with Gasteiger partial charge in [0, 0.05) is 11.4 Å². The number of thioether (sulfide) groups is 1. The molecule has 0 spiro atoms. The third-order valence-corrected chi connectivity index (χ3v) is 7.38. The standard InChI is InChI=1S/C22H21F2N3O2S2/c1-3-9-27-21(29)18-13-8-7-12(2)10-16(13)31-20(18)26-22(27)30-11-17(28)25-19-14(23)5-4-6-15(19)24/h3-6,12H,1,7-11H2,2H3,(H,25,28). The second-order valence-corrected chi connectivity index (χ2v) is 9.59. The van der Waals surface area contributed by atoms with Crippen molar-refractivity contribution in [3.05, 3.63) is 63.3 Å². The SMILES string of the molecule is C=CCn1c(SCC(=O)Nc2c(F)cccc2F)nc2sc3c(c2c1=O)CCC(C)C3. The first-order valence-corrected chi connectivity index (χ1v) is 11.7. The van der Waals surface area contributed by atoms with Crippen molar-refractivity contribution in [2.75, 3.05) is 11.1 Å². The fraction of sp³-hybridized carbons (Fsp3) is 0.318. The van der Waals surface area contributed by atoms with Crippen molar-refractivity contribution in [1.82, 2.24) is 9.55 Å². The van der Waals surface area contributed by atoms with E-state index in [0.717, 1.165) is 48.7 Å². The number of halogens is 2. The lowest BCUT2D eigenvalue weighted by atomic mass is 9.89. The summed E-state index contributed by atoms with van der Waals surface area (Å²) in [6.07, 6.45) is 4.46. The molecule has 2 heterocycles. The van der Waals surface area contributed by atoms with Crippen LogP contribution in [0.1, 0.15) is 23.8 Å². The van der Waals surface area contributed by atoms with Crippen LogP contribution in [-0.4, -0.2) is 21.2 Å². The first kappa shape index (κ1) is 21.7. The van der Waals surface area contributed by atoms with Crippen LogP contribution < -0.4 is 10.9 Å². The van der Waals surface area contributed by atoms with E-state index in [1.54, 1.807) is 6.08 Å². The number of benzene rings is 1. The van der Waals surface area contributed by atoms with Crippen molar-refractivity contribution in [2.45, 2.75) is 37.9 Å². The second kappa shape index (κ2) is 8.92. The molecule has 2 aromatic heterocycles. The van der Waals surface area contributed by atoms with Crippen molar-refractivity contribution in [1.29, 1.82) is 0 Å². The van der Waals surface area contributed by atoms with Crippen LogP contribution in [0.2, 0.25) is 0 Å². The number of hydrogen-bond donors (Lipinski definition) is 1. The number of carbonyl (C=O) groups is 1. The number of nitrogens with zero attached hydrogens (tertiary/aromatic N) is 2. The van der Waals surface area contributed by atoms with Crippen LogP contribution in [-0.2, 0) is 24.2 Å². The van der Waals surface area contributed by atoms with Gasteiger partial charge < -0.3 is 5.32 Å². The van der Waals surface area contributed by atoms with Gasteiger partial charge in [0.2, 0.25) is 5.91 Å². The molecule has 0 fully saturated rings. The number of aryl methyl sites for hydroxylation is 1. The van der Waals surface area contributed by atoms with Crippen molar-refractivity contribution >= 4 is 44.9 Å². The van der Waals surface area contributed by atoms with E-state index in [-0.39, 0.29) is 17.9 Å². The molecule has 1 aliphatic rings. The first-order valence-electron chi connectivity index (χ1n) is 9.91. The third-order valence-electron chi connectivity index (χ3n) is 5.25. The predicted molar refractivity (Wildman–Crippen MR) is 121 cm³/mol. The Morgan fingerprint density at radius 2 is 2.16 bits per heavy atom. The Hall–Kier alpha value is -2.52. The number of rotatable bonds is 6. The predicted octanol–water partition coefficient (Wildman–Crippen LogP) is 4.78. The minimum atomic E-state index is -0.847. The van der Waals surface area contributed by atoms with E-state index in [1.165, 1.54) is 26.8 Å². The van der Waals surface area contributed by atoms with E-state index in [1.807, 2.05) is 0 Å². The molecule has 1 atom stereocenters. The molecule has 1 unspecified atom stereocenters. The molecule has 5 nitrogen and oxygen atoms in total. The van der Waals surface area contributed by atoms with Crippen molar-refractivity contribution < 1.29 is 13.6 Å².